The maximum Gasteiger partial charge on any atom is 0.431 e. The van der Waals surface area contributed by atoms with Crippen molar-refractivity contribution in [2.24, 2.45) is 5.16 Å². The SMILES string of the molecule is O=C(Cn1c(C(F)(F)F)cccc1=O)N1CCC(c2nc(C3=NOC(c4c(Cl)cc(Cl)cc4Cl)C3)cs2)CC1. The highest BCUT2D eigenvalue weighted by Gasteiger charge is 2.35. The number of nitrogens with zero attached hydrogens (tertiary/aromatic N) is 4. The maximum atomic E-state index is 13.3. The van der Waals surface area contributed by atoms with Crippen molar-refractivity contribution in [3.05, 3.63) is 83.1 Å². The molecule has 206 valence electrons. The van der Waals surface area contributed by atoms with Crippen molar-refractivity contribution in [1.82, 2.24) is 14.5 Å². The van der Waals surface area contributed by atoms with Crippen LogP contribution < -0.4 is 5.56 Å². The topological polar surface area (TPSA) is 76.8 Å². The first-order chi connectivity index (χ1) is 18.5. The predicted molar refractivity (Wildman–Crippen MR) is 143 cm³/mol. The zero-order valence-corrected chi connectivity index (χ0v) is 23.1. The largest absolute Gasteiger partial charge is 0.431 e. The normalized spacial score (nSPS) is 18.3. The Labute approximate surface area is 239 Å². The summed E-state index contributed by atoms with van der Waals surface area (Å²) < 4.78 is 40.4. The molecular formula is C25H20Cl3F3N4O3S. The average molecular weight is 620 g/mol. The first-order valence-corrected chi connectivity index (χ1v) is 13.9. The van der Waals surface area contributed by atoms with Crippen molar-refractivity contribution in [3.63, 3.8) is 0 Å². The van der Waals surface area contributed by atoms with Gasteiger partial charge in [-0.3, -0.25) is 14.2 Å². The molecule has 0 radical (unpaired) electrons. The molecule has 4 heterocycles. The van der Waals surface area contributed by atoms with Crippen LogP contribution in [0.1, 0.15) is 53.2 Å². The maximum absolute atomic E-state index is 13.3. The fourth-order valence-corrected chi connectivity index (χ4v) is 6.75. The molecule has 0 N–H and O–H groups in total. The summed E-state index contributed by atoms with van der Waals surface area (Å²) in [5.41, 5.74) is -0.0689. The third kappa shape index (κ3) is 5.96. The molecule has 1 amide bonds. The summed E-state index contributed by atoms with van der Waals surface area (Å²) in [4.78, 5) is 36.6. The quantitative estimate of drug-likeness (QED) is 0.324. The molecule has 7 nitrogen and oxygen atoms in total. The number of carbonyl (C=O) groups is 1. The summed E-state index contributed by atoms with van der Waals surface area (Å²) in [6.45, 7) is 0.0331. The number of pyridine rings is 1. The van der Waals surface area contributed by atoms with Gasteiger partial charge in [0.25, 0.3) is 5.56 Å². The molecule has 1 atom stereocenters. The highest BCUT2D eigenvalue weighted by Crippen LogP contribution is 2.40. The number of carbonyl (C=O) groups excluding carboxylic acids is 1. The van der Waals surface area contributed by atoms with Gasteiger partial charge >= 0.3 is 6.18 Å². The number of benzene rings is 1. The van der Waals surface area contributed by atoms with Crippen LogP contribution in [-0.4, -0.2) is 39.2 Å². The zero-order chi connectivity index (χ0) is 27.9. The number of piperidine rings is 1. The molecular weight excluding hydrogens is 600 g/mol. The fourth-order valence-electron chi connectivity index (χ4n) is 4.69. The Balaban J connectivity index is 1.20. The molecule has 0 saturated carbocycles. The number of oxime groups is 1. The number of hydrogen-bond donors (Lipinski definition) is 0. The van der Waals surface area contributed by atoms with Crippen LogP contribution in [0.4, 0.5) is 13.2 Å². The summed E-state index contributed by atoms with van der Waals surface area (Å²) in [6.07, 6.45) is -3.59. The molecule has 1 fully saturated rings. The molecule has 1 unspecified atom stereocenters. The molecule has 2 aliphatic heterocycles. The molecule has 2 aromatic heterocycles. The number of halogens is 6. The summed E-state index contributed by atoms with van der Waals surface area (Å²) in [7, 11) is 0. The van der Waals surface area contributed by atoms with Crippen LogP contribution in [0.5, 0.6) is 0 Å². The first-order valence-electron chi connectivity index (χ1n) is 11.9. The van der Waals surface area contributed by atoms with Gasteiger partial charge in [-0.2, -0.15) is 13.2 Å². The number of thiazole rings is 1. The van der Waals surface area contributed by atoms with E-state index in [4.69, 9.17) is 44.6 Å². The van der Waals surface area contributed by atoms with Gasteiger partial charge in [-0.25, -0.2) is 4.98 Å². The van der Waals surface area contributed by atoms with Crippen LogP contribution in [0.15, 0.2) is 45.7 Å². The minimum atomic E-state index is -4.74. The molecule has 2 aliphatic rings. The smallest absolute Gasteiger partial charge is 0.387 e. The lowest BCUT2D eigenvalue weighted by atomic mass is 9.97. The van der Waals surface area contributed by atoms with E-state index in [0.717, 1.165) is 23.2 Å². The third-order valence-electron chi connectivity index (χ3n) is 6.68. The van der Waals surface area contributed by atoms with Crippen LogP contribution in [0, 0.1) is 0 Å². The van der Waals surface area contributed by atoms with Crippen molar-refractivity contribution >= 4 is 57.8 Å². The first kappa shape index (κ1) is 27.9. The Hall–Kier alpha value is -2.60. The Kier molecular flexibility index (Phi) is 7.96. The van der Waals surface area contributed by atoms with E-state index in [1.165, 1.54) is 16.2 Å². The van der Waals surface area contributed by atoms with Gasteiger partial charge in [-0.1, -0.05) is 46.0 Å². The van der Waals surface area contributed by atoms with E-state index in [1.807, 2.05) is 5.38 Å². The van der Waals surface area contributed by atoms with Crippen LogP contribution >= 0.6 is 46.1 Å². The number of amides is 1. The molecule has 5 rings (SSSR count). The van der Waals surface area contributed by atoms with Gasteiger partial charge in [0.05, 0.1) is 20.7 Å². The van der Waals surface area contributed by atoms with Crippen molar-refractivity contribution in [2.75, 3.05) is 13.1 Å². The molecule has 39 heavy (non-hydrogen) atoms. The fraction of sp³-hybridized carbons (Fsp3) is 0.360. The van der Waals surface area contributed by atoms with Gasteiger partial charge < -0.3 is 9.74 Å². The van der Waals surface area contributed by atoms with Gasteiger partial charge in [0, 0.05) is 47.5 Å². The summed E-state index contributed by atoms with van der Waals surface area (Å²) >= 11 is 20.1. The van der Waals surface area contributed by atoms with Gasteiger partial charge in [0.15, 0.2) is 6.10 Å². The standard InChI is InChI=1S/C25H20Cl3F3N4O3S/c26-14-8-15(27)23(16(28)9-14)19-10-17(33-38-19)18-12-39-24(32-18)13-4-6-34(7-5-13)22(37)11-35-20(25(29,30)31)2-1-3-21(35)36/h1-3,8-9,12-13,19H,4-7,10-11H2. The molecule has 3 aromatic rings. The van der Waals surface area contributed by atoms with E-state index in [2.05, 4.69) is 5.16 Å². The second-order valence-electron chi connectivity index (χ2n) is 9.18. The lowest BCUT2D eigenvalue weighted by Gasteiger charge is -2.31. The van der Waals surface area contributed by atoms with Crippen molar-refractivity contribution < 1.29 is 22.8 Å². The number of aromatic nitrogens is 2. The van der Waals surface area contributed by atoms with E-state index in [0.29, 0.717) is 69.0 Å². The van der Waals surface area contributed by atoms with E-state index in [-0.39, 0.29) is 5.92 Å². The molecule has 0 bridgehead atoms. The Bertz CT molecular complexity index is 1480. The molecule has 14 heteroatoms. The lowest BCUT2D eigenvalue weighted by Crippen LogP contribution is -2.42. The van der Waals surface area contributed by atoms with Crippen LogP contribution in [0.3, 0.4) is 0 Å². The van der Waals surface area contributed by atoms with E-state index in [9.17, 15) is 22.8 Å². The highest BCUT2D eigenvalue weighted by atomic mass is 35.5. The van der Waals surface area contributed by atoms with Gasteiger partial charge in [0.1, 0.15) is 18.0 Å². The van der Waals surface area contributed by atoms with E-state index >= 15 is 0 Å². The number of hydrogen-bond acceptors (Lipinski definition) is 6. The minimum Gasteiger partial charge on any atom is -0.387 e. The van der Waals surface area contributed by atoms with Crippen LogP contribution in [-0.2, 0) is 22.4 Å². The van der Waals surface area contributed by atoms with Gasteiger partial charge in [-0.15, -0.1) is 11.3 Å². The van der Waals surface area contributed by atoms with Crippen molar-refractivity contribution in [3.8, 4) is 0 Å². The Morgan fingerprint density at radius 2 is 1.82 bits per heavy atom. The number of alkyl halides is 3. The Morgan fingerprint density at radius 3 is 2.49 bits per heavy atom. The summed E-state index contributed by atoms with van der Waals surface area (Å²) in [6, 6.07) is 6.02. The second kappa shape index (κ2) is 11.1. The summed E-state index contributed by atoms with van der Waals surface area (Å²) in [5, 5.41) is 8.15. The summed E-state index contributed by atoms with van der Waals surface area (Å²) in [5.74, 6) is -0.452. The average Bonchev–Trinajstić information content (AvgIpc) is 3.54. The molecule has 1 saturated heterocycles. The molecule has 0 spiro atoms. The van der Waals surface area contributed by atoms with Gasteiger partial charge in [0.2, 0.25) is 5.91 Å². The third-order valence-corrected chi connectivity index (χ3v) is 8.53. The van der Waals surface area contributed by atoms with E-state index in [1.54, 1.807) is 12.1 Å². The predicted octanol–water partition coefficient (Wildman–Crippen LogP) is 6.56. The Morgan fingerprint density at radius 1 is 1.13 bits per heavy atom. The number of likely N-dealkylation sites (tertiary alicyclic amines) is 1. The lowest BCUT2D eigenvalue weighted by molar-refractivity contribution is -0.145. The highest BCUT2D eigenvalue weighted by molar-refractivity contribution is 7.10. The van der Waals surface area contributed by atoms with Crippen LogP contribution in [0.25, 0.3) is 0 Å². The number of rotatable bonds is 5. The van der Waals surface area contributed by atoms with Crippen molar-refractivity contribution in [1.29, 1.82) is 0 Å². The zero-order valence-electron chi connectivity index (χ0n) is 20.1. The van der Waals surface area contributed by atoms with Gasteiger partial charge in [-0.05, 0) is 31.0 Å². The molecule has 1 aromatic carbocycles. The monoisotopic (exact) mass is 618 g/mol. The van der Waals surface area contributed by atoms with Crippen LogP contribution in [0.2, 0.25) is 15.1 Å². The van der Waals surface area contributed by atoms with Crippen molar-refractivity contribution in [2.45, 2.75) is 44.0 Å². The van der Waals surface area contributed by atoms with E-state index < -0.39 is 36.0 Å². The second-order valence-corrected chi connectivity index (χ2v) is 11.3. The molecule has 0 aliphatic carbocycles. The minimum absolute atomic E-state index is 0.0804.